The Kier molecular flexibility index (Phi) is 8.14. The predicted molar refractivity (Wildman–Crippen MR) is 151 cm³/mol. The summed E-state index contributed by atoms with van der Waals surface area (Å²) in [7, 11) is 1.40. The summed E-state index contributed by atoms with van der Waals surface area (Å²) >= 11 is 1.66. The number of methoxy groups -OCH3 is 1. The number of pyridine rings is 1. The van der Waals surface area contributed by atoms with Crippen molar-refractivity contribution >= 4 is 23.4 Å². The zero-order valence-corrected chi connectivity index (χ0v) is 23.5. The Morgan fingerprint density at radius 1 is 1.14 bits per heavy atom. The second-order valence-corrected chi connectivity index (χ2v) is 11.1. The minimum Gasteiger partial charge on any atom is -0.490 e. The van der Waals surface area contributed by atoms with Gasteiger partial charge in [0.05, 0.1) is 29.8 Å². The van der Waals surface area contributed by atoms with Gasteiger partial charge in [-0.25, -0.2) is 4.79 Å². The Hall–Kier alpha value is -3.03. The van der Waals surface area contributed by atoms with E-state index in [1.807, 2.05) is 39.2 Å². The van der Waals surface area contributed by atoms with Crippen molar-refractivity contribution < 1.29 is 19.0 Å². The SMILES string of the molecule is COC(=O)[C@@H](OC(C)(C)C)c1c(CSC)nc(-c2ccc(C)cc2)c(C)c1-c1ccc2c(c1)NCCO2. The molecule has 0 spiro atoms. The Bertz CT molecular complexity index is 1280. The van der Waals surface area contributed by atoms with Gasteiger partial charge in [-0.05, 0) is 69.7 Å². The fraction of sp³-hybridized carbons (Fsp3) is 0.400. The van der Waals surface area contributed by atoms with Crippen LogP contribution in [0.5, 0.6) is 5.75 Å². The van der Waals surface area contributed by atoms with Crippen molar-refractivity contribution in [2.45, 2.75) is 52.1 Å². The molecule has 2 aromatic carbocycles. The zero-order valence-electron chi connectivity index (χ0n) is 22.7. The third kappa shape index (κ3) is 5.94. The van der Waals surface area contributed by atoms with Crippen LogP contribution in [0, 0.1) is 13.8 Å². The summed E-state index contributed by atoms with van der Waals surface area (Å²) in [6.07, 6.45) is 1.11. The molecule has 2 heterocycles. The molecule has 0 aliphatic carbocycles. The molecule has 1 N–H and O–H groups in total. The molecule has 0 amide bonds. The van der Waals surface area contributed by atoms with Gasteiger partial charge >= 0.3 is 5.97 Å². The van der Waals surface area contributed by atoms with Gasteiger partial charge in [0.15, 0.2) is 6.10 Å². The molecule has 0 saturated carbocycles. The maximum atomic E-state index is 13.3. The minimum atomic E-state index is -0.930. The van der Waals surface area contributed by atoms with Crippen LogP contribution >= 0.6 is 11.8 Å². The van der Waals surface area contributed by atoms with Crippen molar-refractivity contribution in [1.82, 2.24) is 4.98 Å². The maximum absolute atomic E-state index is 13.3. The van der Waals surface area contributed by atoms with E-state index in [1.54, 1.807) is 11.8 Å². The summed E-state index contributed by atoms with van der Waals surface area (Å²) in [5.41, 5.74) is 7.90. The Labute approximate surface area is 224 Å². The van der Waals surface area contributed by atoms with Crippen LogP contribution in [0.25, 0.3) is 22.4 Å². The molecule has 1 atom stereocenters. The number of benzene rings is 2. The second kappa shape index (κ2) is 11.2. The first-order valence-electron chi connectivity index (χ1n) is 12.5. The summed E-state index contributed by atoms with van der Waals surface area (Å²) in [5, 5.41) is 3.44. The van der Waals surface area contributed by atoms with E-state index in [2.05, 4.69) is 49.5 Å². The number of nitrogens with one attached hydrogen (secondary N) is 1. The van der Waals surface area contributed by atoms with Gasteiger partial charge in [0.2, 0.25) is 0 Å². The van der Waals surface area contributed by atoms with Crippen molar-refractivity contribution in [3.63, 3.8) is 0 Å². The number of aryl methyl sites for hydroxylation is 1. The number of rotatable bonds is 7. The predicted octanol–water partition coefficient (Wildman–Crippen LogP) is 6.73. The van der Waals surface area contributed by atoms with Gasteiger partial charge in [-0.2, -0.15) is 11.8 Å². The normalized spacial score (nSPS) is 13.8. The molecule has 1 aliphatic heterocycles. The molecular weight excluding hydrogens is 484 g/mol. The third-order valence-electron chi connectivity index (χ3n) is 6.26. The lowest BCUT2D eigenvalue weighted by atomic mass is 9.88. The highest BCUT2D eigenvalue weighted by Crippen LogP contribution is 2.43. The van der Waals surface area contributed by atoms with Gasteiger partial charge in [0, 0.05) is 23.4 Å². The molecular formula is C30H36N2O4S. The number of ether oxygens (including phenoxy) is 3. The number of hydrogen-bond acceptors (Lipinski definition) is 7. The van der Waals surface area contributed by atoms with Crippen molar-refractivity contribution in [3.8, 4) is 28.1 Å². The number of carbonyl (C=O) groups excluding carboxylic acids is 1. The average molecular weight is 521 g/mol. The van der Waals surface area contributed by atoms with Crippen molar-refractivity contribution in [2.24, 2.45) is 0 Å². The lowest BCUT2D eigenvalue weighted by Crippen LogP contribution is -2.30. The summed E-state index contributed by atoms with van der Waals surface area (Å²) in [4.78, 5) is 18.4. The van der Waals surface area contributed by atoms with Crippen molar-refractivity contribution in [3.05, 3.63) is 64.8 Å². The van der Waals surface area contributed by atoms with Crippen LogP contribution in [-0.2, 0) is 20.0 Å². The number of thioether (sulfide) groups is 1. The molecule has 0 bridgehead atoms. The van der Waals surface area contributed by atoms with E-state index in [0.29, 0.717) is 12.4 Å². The first kappa shape index (κ1) is 27.0. The zero-order chi connectivity index (χ0) is 26.7. The van der Waals surface area contributed by atoms with Gasteiger partial charge in [-0.3, -0.25) is 4.98 Å². The lowest BCUT2D eigenvalue weighted by molar-refractivity contribution is -0.164. The largest absolute Gasteiger partial charge is 0.490 e. The maximum Gasteiger partial charge on any atom is 0.339 e. The highest BCUT2D eigenvalue weighted by molar-refractivity contribution is 7.97. The van der Waals surface area contributed by atoms with E-state index in [4.69, 9.17) is 19.2 Å². The van der Waals surface area contributed by atoms with Crippen LogP contribution in [-0.4, -0.2) is 43.1 Å². The van der Waals surface area contributed by atoms with E-state index in [0.717, 1.165) is 57.2 Å². The van der Waals surface area contributed by atoms with Crippen molar-refractivity contribution in [2.75, 3.05) is 31.8 Å². The Morgan fingerprint density at radius 3 is 2.49 bits per heavy atom. The van der Waals surface area contributed by atoms with Gasteiger partial charge < -0.3 is 19.5 Å². The van der Waals surface area contributed by atoms with E-state index >= 15 is 0 Å². The van der Waals surface area contributed by atoms with Gasteiger partial charge in [-0.15, -0.1) is 0 Å². The van der Waals surface area contributed by atoms with E-state index in [9.17, 15) is 4.79 Å². The Balaban J connectivity index is 2.06. The number of nitrogens with zero attached hydrogens (tertiary/aromatic N) is 1. The molecule has 1 aromatic heterocycles. The molecule has 7 heteroatoms. The van der Waals surface area contributed by atoms with E-state index in [1.165, 1.54) is 12.7 Å². The number of carbonyl (C=O) groups is 1. The van der Waals surface area contributed by atoms with Gasteiger partial charge in [0.1, 0.15) is 12.4 Å². The molecule has 3 aromatic rings. The molecule has 196 valence electrons. The lowest BCUT2D eigenvalue weighted by Gasteiger charge is -2.30. The van der Waals surface area contributed by atoms with Crippen LogP contribution in [0.15, 0.2) is 42.5 Å². The molecule has 4 rings (SSSR count). The molecule has 0 unspecified atom stereocenters. The topological polar surface area (TPSA) is 69.7 Å². The first-order chi connectivity index (χ1) is 17.6. The van der Waals surface area contributed by atoms with Gasteiger partial charge in [-0.1, -0.05) is 35.9 Å². The minimum absolute atomic E-state index is 0.442. The number of anilines is 1. The molecule has 0 saturated heterocycles. The van der Waals surface area contributed by atoms with Crippen LogP contribution in [0.1, 0.15) is 49.3 Å². The highest BCUT2D eigenvalue weighted by Gasteiger charge is 2.34. The fourth-order valence-corrected chi connectivity index (χ4v) is 5.11. The van der Waals surface area contributed by atoms with E-state index < -0.39 is 17.7 Å². The van der Waals surface area contributed by atoms with Crippen LogP contribution in [0.3, 0.4) is 0 Å². The molecule has 1 aliphatic rings. The second-order valence-electron chi connectivity index (χ2n) is 10.2. The molecule has 0 radical (unpaired) electrons. The molecule has 37 heavy (non-hydrogen) atoms. The average Bonchev–Trinajstić information content (AvgIpc) is 2.87. The number of aromatic nitrogens is 1. The smallest absolute Gasteiger partial charge is 0.339 e. The number of fused-ring (bicyclic) bond motifs is 1. The standard InChI is InChI=1S/C30H36N2O4S/c1-18-8-10-20(11-9-18)27-19(2)25(21-12-13-24-22(16-21)31-14-15-35-24)26(23(32-27)17-37-7)28(29(33)34-6)36-30(3,4)5/h8-13,16,28,31H,14-15,17H2,1-7H3/t28-/m0/s1. The quantitative estimate of drug-likeness (QED) is 0.346. The third-order valence-corrected chi connectivity index (χ3v) is 6.82. The number of esters is 1. The number of hydrogen-bond donors (Lipinski definition) is 1. The van der Waals surface area contributed by atoms with Crippen LogP contribution < -0.4 is 10.1 Å². The summed E-state index contributed by atoms with van der Waals surface area (Å²) in [6.45, 7) is 11.3. The van der Waals surface area contributed by atoms with Gasteiger partial charge in [0.25, 0.3) is 0 Å². The van der Waals surface area contributed by atoms with Crippen molar-refractivity contribution in [1.29, 1.82) is 0 Å². The summed E-state index contributed by atoms with van der Waals surface area (Å²) in [6, 6.07) is 14.5. The molecule has 0 fully saturated rings. The fourth-order valence-electron chi connectivity index (χ4n) is 4.62. The Morgan fingerprint density at radius 2 is 1.84 bits per heavy atom. The first-order valence-corrected chi connectivity index (χ1v) is 13.9. The van der Waals surface area contributed by atoms with Crippen LogP contribution in [0.2, 0.25) is 0 Å². The summed E-state index contributed by atoms with van der Waals surface area (Å²) in [5.74, 6) is 0.999. The summed E-state index contributed by atoms with van der Waals surface area (Å²) < 4.78 is 17.5. The monoisotopic (exact) mass is 520 g/mol. The van der Waals surface area contributed by atoms with E-state index in [-0.39, 0.29) is 0 Å². The molecule has 6 nitrogen and oxygen atoms in total. The van der Waals surface area contributed by atoms with Crippen LogP contribution in [0.4, 0.5) is 5.69 Å². The highest BCUT2D eigenvalue weighted by atomic mass is 32.2.